The molecule has 1 saturated heterocycles. The van der Waals surface area contributed by atoms with Gasteiger partial charge in [-0.3, -0.25) is 9.59 Å². The van der Waals surface area contributed by atoms with Gasteiger partial charge in [0.25, 0.3) is 0 Å². The van der Waals surface area contributed by atoms with Crippen molar-refractivity contribution >= 4 is 11.8 Å². The first-order valence-electron chi connectivity index (χ1n) is 5.34. The molecule has 1 atom stereocenters. The molecule has 2 aliphatic rings. The maximum atomic E-state index is 11.5. The fraction of sp³-hybridized carbons (Fsp3) is 0.800. The molecule has 0 spiro atoms. The van der Waals surface area contributed by atoms with E-state index in [0.717, 1.165) is 12.8 Å². The number of rotatable bonds is 1. The number of carbonyl (C=O) groups is 2. The third kappa shape index (κ3) is 1.89. The van der Waals surface area contributed by atoms with Crippen molar-refractivity contribution in [1.82, 2.24) is 10.6 Å². The second-order valence-corrected chi connectivity index (χ2v) is 4.16. The Morgan fingerprint density at radius 2 is 1.79 bits per heavy atom. The van der Waals surface area contributed by atoms with Crippen LogP contribution in [0.15, 0.2) is 0 Å². The third-order valence-corrected chi connectivity index (χ3v) is 3.14. The van der Waals surface area contributed by atoms with Gasteiger partial charge in [0.05, 0.1) is 6.54 Å². The summed E-state index contributed by atoms with van der Waals surface area (Å²) in [5, 5.41) is 5.41. The smallest absolute Gasteiger partial charge is 0.243 e. The molecule has 2 amide bonds. The van der Waals surface area contributed by atoms with E-state index in [0.29, 0.717) is 5.92 Å². The van der Waals surface area contributed by atoms with Crippen molar-refractivity contribution in [3.63, 3.8) is 0 Å². The van der Waals surface area contributed by atoms with Crippen LogP contribution in [-0.4, -0.2) is 24.4 Å². The fourth-order valence-corrected chi connectivity index (χ4v) is 2.37. The highest BCUT2D eigenvalue weighted by atomic mass is 16.2. The molecule has 1 heterocycles. The van der Waals surface area contributed by atoms with Crippen LogP contribution in [-0.2, 0) is 9.59 Å². The molecule has 4 heteroatoms. The van der Waals surface area contributed by atoms with Crippen LogP contribution in [0, 0.1) is 5.92 Å². The van der Waals surface area contributed by atoms with E-state index in [1.807, 2.05) is 0 Å². The zero-order chi connectivity index (χ0) is 9.97. The maximum Gasteiger partial charge on any atom is 0.243 e. The Bertz CT molecular complexity index is 247. The molecule has 2 rings (SSSR count). The van der Waals surface area contributed by atoms with E-state index in [2.05, 4.69) is 10.6 Å². The van der Waals surface area contributed by atoms with E-state index in [4.69, 9.17) is 0 Å². The molecule has 2 N–H and O–H groups in total. The number of piperazine rings is 1. The average molecular weight is 196 g/mol. The highest BCUT2D eigenvalue weighted by molar-refractivity contribution is 5.94. The van der Waals surface area contributed by atoms with Crippen molar-refractivity contribution in [2.45, 2.75) is 38.1 Å². The molecule has 4 nitrogen and oxygen atoms in total. The zero-order valence-corrected chi connectivity index (χ0v) is 8.21. The van der Waals surface area contributed by atoms with Crippen LogP contribution in [0.3, 0.4) is 0 Å². The molecule has 1 aliphatic carbocycles. The molecule has 0 aromatic rings. The van der Waals surface area contributed by atoms with Crippen LogP contribution in [0.1, 0.15) is 32.1 Å². The first-order chi connectivity index (χ1) is 6.77. The molecule has 0 radical (unpaired) electrons. The topological polar surface area (TPSA) is 58.2 Å². The summed E-state index contributed by atoms with van der Waals surface area (Å²) in [6.07, 6.45) is 5.77. The van der Waals surface area contributed by atoms with Crippen molar-refractivity contribution in [2.24, 2.45) is 5.92 Å². The predicted octanol–water partition coefficient (Wildman–Crippen LogP) is 0.181. The lowest BCUT2D eigenvalue weighted by Crippen LogP contribution is -2.59. The van der Waals surface area contributed by atoms with Gasteiger partial charge >= 0.3 is 0 Å². The summed E-state index contributed by atoms with van der Waals surface area (Å²) < 4.78 is 0. The van der Waals surface area contributed by atoms with Gasteiger partial charge in [0.1, 0.15) is 6.04 Å². The van der Waals surface area contributed by atoms with Crippen LogP contribution in [0.5, 0.6) is 0 Å². The normalized spacial score (nSPS) is 29.6. The molecule has 1 aliphatic heterocycles. The Morgan fingerprint density at radius 1 is 1.07 bits per heavy atom. The van der Waals surface area contributed by atoms with E-state index >= 15 is 0 Å². The summed E-state index contributed by atoms with van der Waals surface area (Å²) in [6, 6.07) is -0.267. The number of amides is 2. The summed E-state index contributed by atoms with van der Waals surface area (Å²) >= 11 is 0. The van der Waals surface area contributed by atoms with Crippen molar-refractivity contribution in [3.8, 4) is 0 Å². The summed E-state index contributed by atoms with van der Waals surface area (Å²) in [4.78, 5) is 22.6. The monoisotopic (exact) mass is 196 g/mol. The van der Waals surface area contributed by atoms with Gasteiger partial charge in [0, 0.05) is 0 Å². The molecular formula is C10H16N2O2. The van der Waals surface area contributed by atoms with Crippen molar-refractivity contribution in [1.29, 1.82) is 0 Å². The quantitative estimate of drug-likeness (QED) is 0.628. The second kappa shape index (κ2) is 3.98. The Kier molecular flexibility index (Phi) is 2.70. The lowest BCUT2D eigenvalue weighted by Gasteiger charge is -2.32. The van der Waals surface area contributed by atoms with E-state index in [-0.39, 0.29) is 24.4 Å². The zero-order valence-electron chi connectivity index (χ0n) is 8.21. The van der Waals surface area contributed by atoms with Crippen LogP contribution < -0.4 is 10.6 Å². The summed E-state index contributed by atoms with van der Waals surface area (Å²) in [6.45, 7) is 0.141. The molecule has 0 bridgehead atoms. The minimum absolute atomic E-state index is 0.00324. The first kappa shape index (κ1) is 9.49. The number of hydrogen-bond acceptors (Lipinski definition) is 2. The van der Waals surface area contributed by atoms with Gasteiger partial charge in [-0.05, 0) is 18.8 Å². The number of nitrogens with one attached hydrogen (secondary N) is 2. The highest BCUT2D eigenvalue weighted by Crippen LogP contribution is 2.27. The largest absolute Gasteiger partial charge is 0.345 e. The SMILES string of the molecule is O=C1CNC(=O)C(C2CCCCC2)N1. The minimum atomic E-state index is -0.267. The summed E-state index contributed by atoms with van der Waals surface area (Å²) in [5.74, 6) is 0.296. The maximum absolute atomic E-state index is 11.5. The highest BCUT2D eigenvalue weighted by Gasteiger charge is 2.33. The van der Waals surface area contributed by atoms with Gasteiger partial charge in [-0.2, -0.15) is 0 Å². The minimum Gasteiger partial charge on any atom is -0.345 e. The van der Waals surface area contributed by atoms with Crippen molar-refractivity contribution < 1.29 is 9.59 Å². The summed E-state index contributed by atoms with van der Waals surface area (Å²) in [7, 11) is 0. The van der Waals surface area contributed by atoms with Crippen LogP contribution in [0.4, 0.5) is 0 Å². The van der Waals surface area contributed by atoms with E-state index in [1.165, 1.54) is 19.3 Å². The molecule has 2 fully saturated rings. The molecule has 0 aromatic carbocycles. The molecule has 0 aromatic heterocycles. The van der Waals surface area contributed by atoms with Crippen molar-refractivity contribution in [3.05, 3.63) is 0 Å². The standard InChI is InChI=1S/C10H16N2O2/c13-8-6-11-10(14)9(12-8)7-4-2-1-3-5-7/h7,9H,1-6H2,(H,11,14)(H,12,13). The lowest BCUT2D eigenvalue weighted by atomic mass is 9.83. The Balaban J connectivity index is 1.99. The van der Waals surface area contributed by atoms with Crippen LogP contribution >= 0.6 is 0 Å². The van der Waals surface area contributed by atoms with Gasteiger partial charge in [0.2, 0.25) is 11.8 Å². The van der Waals surface area contributed by atoms with Crippen molar-refractivity contribution in [2.75, 3.05) is 6.54 Å². The van der Waals surface area contributed by atoms with Gasteiger partial charge in [-0.1, -0.05) is 19.3 Å². The first-order valence-corrected chi connectivity index (χ1v) is 5.34. The molecule has 1 unspecified atom stereocenters. The molecular weight excluding hydrogens is 180 g/mol. The Hall–Kier alpha value is -1.06. The predicted molar refractivity (Wildman–Crippen MR) is 51.5 cm³/mol. The van der Waals surface area contributed by atoms with E-state index < -0.39 is 0 Å². The van der Waals surface area contributed by atoms with Crippen LogP contribution in [0.25, 0.3) is 0 Å². The van der Waals surface area contributed by atoms with E-state index in [9.17, 15) is 9.59 Å². The number of hydrogen-bond donors (Lipinski definition) is 2. The third-order valence-electron chi connectivity index (χ3n) is 3.14. The van der Waals surface area contributed by atoms with Gasteiger partial charge in [-0.15, -0.1) is 0 Å². The van der Waals surface area contributed by atoms with Crippen LogP contribution in [0.2, 0.25) is 0 Å². The van der Waals surface area contributed by atoms with Gasteiger partial charge in [-0.25, -0.2) is 0 Å². The van der Waals surface area contributed by atoms with E-state index in [1.54, 1.807) is 0 Å². The molecule has 1 saturated carbocycles. The summed E-state index contributed by atoms with van der Waals surface area (Å²) in [5.41, 5.74) is 0. The average Bonchev–Trinajstić information content (AvgIpc) is 2.23. The Morgan fingerprint density at radius 3 is 2.50 bits per heavy atom. The van der Waals surface area contributed by atoms with Gasteiger partial charge < -0.3 is 10.6 Å². The second-order valence-electron chi connectivity index (χ2n) is 4.16. The number of carbonyl (C=O) groups excluding carboxylic acids is 2. The fourth-order valence-electron chi connectivity index (χ4n) is 2.37. The molecule has 14 heavy (non-hydrogen) atoms. The lowest BCUT2D eigenvalue weighted by molar-refractivity contribution is -0.135. The molecule has 78 valence electrons. The van der Waals surface area contributed by atoms with Gasteiger partial charge in [0.15, 0.2) is 0 Å². The Labute approximate surface area is 83.4 Å².